The van der Waals surface area contributed by atoms with E-state index in [4.69, 9.17) is 10.5 Å². The van der Waals surface area contributed by atoms with E-state index in [1.165, 1.54) is 9.47 Å². The Hall–Kier alpha value is -4.18. The van der Waals surface area contributed by atoms with Crippen molar-refractivity contribution in [2.45, 2.75) is 25.8 Å². The van der Waals surface area contributed by atoms with E-state index in [9.17, 15) is 19.2 Å². The van der Waals surface area contributed by atoms with E-state index in [1.807, 2.05) is 30.3 Å². The Kier molecular flexibility index (Phi) is 7.65. The molecule has 0 bridgehead atoms. The van der Waals surface area contributed by atoms with Gasteiger partial charge in [0, 0.05) is 44.5 Å². The van der Waals surface area contributed by atoms with Gasteiger partial charge in [0.2, 0.25) is 5.91 Å². The Morgan fingerprint density at radius 1 is 1.08 bits per heavy atom. The first-order valence-corrected chi connectivity index (χ1v) is 11.8. The Morgan fingerprint density at radius 2 is 1.81 bits per heavy atom. The molecule has 10 nitrogen and oxygen atoms in total. The van der Waals surface area contributed by atoms with Crippen molar-refractivity contribution in [2.75, 3.05) is 42.3 Å². The van der Waals surface area contributed by atoms with Gasteiger partial charge in [0.1, 0.15) is 5.82 Å². The molecule has 1 aromatic heterocycles. The average Bonchev–Trinajstić information content (AvgIpc) is 3.31. The topological polar surface area (TPSA) is 131 Å². The van der Waals surface area contributed by atoms with Crippen LogP contribution < -0.4 is 26.8 Å². The summed E-state index contributed by atoms with van der Waals surface area (Å²) in [6.07, 6.45) is 1.75. The van der Waals surface area contributed by atoms with Gasteiger partial charge in [0.05, 0.1) is 6.54 Å². The molecule has 0 atom stereocenters. The summed E-state index contributed by atoms with van der Waals surface area (Å²) >= 11 is 0. The number of nitrogen functional groups attached to an aromatic ring is 1. The lowest BCUT2D eigenvalue weighted by atomic mass is 10.1. The summed E-state index contributed by atoms with van der Waals surface area (Å²) in [4.78, 5) is 56.5. The molecule has 2 aromatic carbocycles. The number of aromatic nitrogens is 2. The number of hydrogen-bond donors (Lipinski definition) is 2. The lowest BCUT2D eigenvalue weighted by molar-refractivity contribution is -0.117. The van der Waals surface area contributed by atoms with Gasteiger partial charge in [-0.25, -0.2) is 4.79 Å². The first-order chi connectivity index (χ1) is 17.4. The molecule has 1 aliphatic rings. The number of H-pyrrole nitrogens is 1. The Labute approximate surface area is 207 Å². The number of benzene rings is 2. The van der Waals surface area contributed by atoms with E-state index >= 15 is 0 Å². The molecule has 4 rings (SSSR count). The molecule has 1 aliphatic heterocycles. The number of carbonyl (C=O) groups is 2. The maximum absolute atomic E-state index is 13.6. The van der Waals surface area contributed by atoms with Crippen LogP contribution in [0.25, 0.3) is 0 Å². The summed E-state index contributed by atoms with van der Waals surface area (Å²) in [5, 5.41) is 0. The minimum Gasteiger partial charge on any atom is -0.385 e. The van der Waals surface area contributed by atoms with Crippen LogP contribution in [-0.2, 0) is 16.1 Å². The van der Waals surface area contributed by atoms with Gasteiger partial charge in [-0.3, -0.25) is 23.9 Å². The Bertz CT molecular complexity index is 1350. The molecule has 0 unspecified atom stereocenters. The predicted octanol–water partition coefficient (Wildman–Crippen LogP) is 1.98. The maximum Gasteiger partial charge on any atom is 0.330 e. The Morgan fingerprint density at radius 3 is 2.44 bits per heavy atom. The smallest absolute Gasteiger partial charge is 0.330 e. The van der Waals surface area contributed by atoms with Gasteiger partial charge in [0.25, 0.3) is 11.5 Å². The molecule has 0 aliphatic carbocycles. The minimum atomic E-state index is -0.744. The summed E-state index contributed by atoms with van der Waals surface area (Å²) in [6.45, 7) is 1.29. The van der Waals surface area contributed by atoms with Crippen molar-refractivity contribution < 1.29 is 14.3 Å². The molecule has 0 spiro atoms. The molecule has 0 radical (unpaired) electrons. The second-order valence-corrected chi connectivity index (χ2v) is 8.56. The fraction of sp³-hybridized carbons (Fsp3) is 0.308. The van der Waals surface area contributed by atoms with E-state index < -0.39 is 17.2 Å². The van der Waals surface area contributed by atoms with Crippen LogP contribution in [0.3, 0.4) is 0 Å². The highest BCUT2D eigenvalue weighted by atomic mass is 16.5. The molecule has 10 heteroatoms. The normalized spacial score (nSPS) is 13.2. The van der Waals surface area contributed by atoms with Crippen molar-refractivity contribution in [3.63, 3.8) is 0 Å². The van der Waals surface area contributed by atoms with Crippen LogP contribution in [0, 0.1) is 0 Å². The molecule has 2 heterocycles. The molecule has 0 saturated carbocycles. The predicted molar refractivity (Wildman–Crippen MR) is 137 cm³/mol. The molecule has 1 fully saturated rings. The second-order valence-electron chi connectivity index (χ2n) is 8.56. The minimum absolute atomic E-state index is 0.0512. The number of amides is 2. The number of aromatic amines is 1. The van der Waals surface area contributed by atoms with E-state index in [0.29, 0.717) is 37.2 Å². The van der Waals surface area contributed by atoms with Gasteiger partial charge in [0.15, 0.2) is 5.69 Å². The van der Waals surface area contributed by atoms with Gasteiger partial charge in [-0.15, -0.1) is 0 Å². The van der Waals surface area contributed by atoms with Crippen molar-refractivity contribution in [1.82, 2.24) is 9.55 Å². The molecule has 3 aromatic rings. The fourth-order valence-electron chi connectivity index (χ4n) is 4.30. The van der Waals surface area contributed by atoms with Crippen LogP contribution in [0.5, 0.6) is 0 Å². The number of ether oxygens (including phenoxy) is 1. The van der Waals surface area contributed by atoms with Gasteiger partial charge < -0.3 is 20.3 Å². The lowest BCUT2D eigenvalue weighted by Crippen LogP contribution is -2.42. The quantitative estimate of drug-likeness (QED) is 0.440. The third-order valence-corrected chi connectivity index (χ3v) is 6.14. The number of anilines is 3. The number of nitrogens with two attached hydrogens (primary N) is 1. The van der Waals surface area contributed by atoms with E-state index in [1.54, 1.807) is 36.3 Å². The molecular formula is C26H29N5O5. The summed E-state index contributed by atoms with van der Waals surface area (Å²) < 4.78 is 6.37. The van der Waals surface area contributed by atoms with Crippen molar-refractivity contribution >= 4 is 29.0 Å². The van der Waals surface area contributed by atoms with Crippen molar-refractivity contribution in [3.05, 3.63) is 86.6 Å². The molecule has 2 amide bonds. The molecule has 188 valence electrons. The third-order valence-electron chi connectivity index (χ3n) is 6.14. The summed E-state index contributed by atoms with van der Waals surface area (Å²) in [5.74, 6) is -0.500. The summed E-state index contributed by atoms with van der Waals surface area (Å²) in [7, 11) is 1.55. The number of hydrogen-bond acceptors (Lipinski definition) is 6. The molecular weight excluding hydrogens is 462 g/mol. The van der Waals surface area contributed by atoms with Crippen molar-refractivity contribution in [1.29, 1.82) is 0 Å². The highest BCUT2D eigenvalue weighted by molar-refractivity contribution is 6.07. The summed E-state index contributed by atoms with van der Waals surface area (Å²) in [5.41, 5.74) is 6.71. The van der Waals surface area contributed by atoms with Crippen LogP contribution in [0.1, 0.15) is 35.2 Å². The third kappa shape index (κ3) is 5.23. The number of nitrogens with one attached hydrogen (secondary N) is 1. The maximum atomic E-state index is 13.6. The van der Waals surface area contributed by atoms with Gasteiger partial charge >= 0.3 is 5.69 Å². The molecule has 3 N–H and O–H groups in total. The first kappa shape index (κ1) is 24.9. The largest absolute Gasteiger partial charge is 0.385 e. The monoisotopic (exact) mass is 491 g/mol. The highest BCUT2D eigenvalue weighted by Crippen LogP contribution is 2.24. The number of methoxy groups -OCH3 is 1. The highest BCUT2D eigenvalue weighted by Gasteiger charge is 2.26. The zero-order chi connectivity index (χ0) is 25.7. The summed E-state index contributed by atoms with van der Waals surface area (Å²) in [6, 6.07) is 15.9. The number of nitrogens with zero attached hydrogens (tertiary/aromatic N) is 3. The van der Waals surface area contributed by atoms with E-state index in [0.717, 1.165) is 12.0 Å². The SMILES string of the molecule is COCCCN(C(=O)c1ccc(N2CCCC2=O)cc1)c1c(N)n(Cc2ccccc2)c(=O)[nH]c1=O. The van der Waals surface area contributed by atoms with Gasteiger partial charge in [-0.05, 0) is 42.7 Å². The van der Waals surface area contributed by atoms with Crippen molar-refractivity contribution in [2.24, 2.45) is 0 Å². The molecule has 36 heavy (non-hydrogen) atoms. The van der Waals surface area contributed by atoms with Gasteiger partial charge in [-0.1, -0.05) is 30.3 Å². The second kappa shape index (κ2) is 11.0. The van der Waals surface area contributed by atoms with Crippen LogP contribution in [0.15, 0.2) is 64.2 Å². The van der Waals surface area contributed by atoms with E-state index in [-0.39, 0.29) is 30.5 Å². The van der Waals surface area contributed by atoms with Crippen LogP contribution in [0.2, 0.25) is 0 Å². The van der Waals surface area contributed by atoms with E-state index in [2.05, 4.69) is 4.98 Å². The van der Waals surface area contributed by atoms with Crippen LogP contribution in [0.4, 0.5) is 17.2 Å². The fourth-order valence-corrected chi connectivity index (χ4v) is 4.30. The van der Waals surface area contributed by atoms with Gasteiger partial charge in [-0.2, -0.15) is 0 Å². The zero-order valence-electron chi connectivity index (χ0n) is 20.1. The van der Waals surface area contributed by atoms with Crippen molar-refractivity contribution in [3.8, 4) is 0 Å². The molecule has 1 saturated heterocycles. The van der Waals surface area contributed by atoms with Crippen LogP contribution in [-0.4, -0.2) is 48.2 Å². The van der Waals surface area contributed by atoms with Crippen LogP contribution >= 0.6 is 0 Å². The average molecular weight is 492 g/mol. The zero-order valence-corrected chi connectivity index (χ0v) is 20.1. The Balaban J connectivity index is 1.70. The first-order valence-electron chi connectivity index (χ1n) is 11.8. The lowest BCUT2D eigenvalue weighted by Gasteiger charge is -2.25. The number of carbonyl (C=O) groups excluding carboxylic acids is 2. The standard InChI is InChI=1S/C26H29N5O5/c1-36-16-6-15-30(25(34)19-10-12-20(13-11-19)29-14-5-9-21(29)32)22-23(27)31(26(35)28-24(22)33)17-18-7-3-2-4-8-18/h2-4,7-8,10-13H,5-6,9,14-17,27H2,1H3,(H,28,33,35). The number of rotatable bonds is 9.